The first-order chi connectivity index (χ1) is 10.1. The summed E-state index contributed by atoms with van der Waals surface area (Å²) in [5, 5.41) is 9.94. The van der Waals surface area contributed by atoms with E-state index in [-0.39, 0.29) is 11.8 Å². The van der Waals surface area contributed by atoms with Gasteiger partial charge in [-0.25, -0.2) is 4.79 Å². The first-order valence-corrected chi connectivity index (χ1v) is 7.61. The molecule has 0 aliphatic rings. The second kappa shape index (κ2) is 9.53. The molecule has 0 saturated heterocycles. The zero-order valence-corrected chi connectivity index (χ0v) is 13.0. The molecule has 0 saturated carbocycles. The lowest BCUT2D eigenvalue weighted by atomic mass is 9.81. The van der Waals surface area contributed by atoms with Gasteiger partial charge in [-0.15, -0.1) is 0 Å². The van der Waals surface area contributed by atoms with Crippen LogP contribution in [-0.2, 0) is 9.53 Å². The second-order valence-corrected chi connectivity index (χ2v) is 5.52. The van der Waals surface area contributed by atoms with Crippen LogP contribution in [0, 0.1) is 5.92 Å². The SMILES string of the molecule is COC(=O)[C@H](O)C[C@H](CCCCN)[C@@H](C)c1ccccc1. The summed E-state index contributed by atoms with van der Waals surface area (Å²) in [4.78, 5) is 11.4. The number of hydrogen-bond donors (Lipinski definition) is 2. The first-order valence-electron chi connectivity index (χ1n) is 7.61. The Morgan fingerprint density at radius 1 is 1.29 bits per heavy atom. The minimum atomic E-state index is -1.05. The molecule has 0 aromatic heterocycles. The standard InChI is InChI=1S/C17H27NO3/c1-13(14-8-4-3-5-9-14)15(10-6-7-11-18)12-16(19)17(20)21-2/h3-5,8-9,13,15-16,19H,6-7,10-12,18H2,1-2H3/t13-,15-,16+/m0/s1. The summed E-state index contributed by atoms with van der Waals surface area (Å²) in [5.74, 6) is -0.0459. The maximum atomic E-state index is 11.4. The van der Waals surface area contributed by atoms with Crippen LogP contribution in [0.2, 0.25) is 0 Å². The number of esters is 1. The molecule has 0 radical (unpaired) electrons. The van der Waals surface area contributed by atoms with Crippen molar-refractivity contribution in [2.75, 3.05) is 13.7 Å². The number of methoxy groups -OCH3 is 1. The number of carbonyl (C=O) groups excluding carboxylic acids is 1. The highest BCUT2D eigenvalue weighted by atomic mass is 16.5. The van der Waals surface area contributed by atoms with Gasteiger partial charge in [0.25, 0.3) is 0 Å². The smallest absolute Gasteiger partial charge is 0.334 e. The Balaban J connectivity index is 2.73. The van der Waals surface area contributed by atoms with Crippen LogP contribution in [0.5, 0.6) is 0 Å². The van der Waals surface area contributed by atoms with Crippen molar-refractivity contribution < 1.29 is 14.6 Å². The van der Waals surface area contributed by atoms with Crippen LogP contribution in [0.25, 0.3) is 0 Å². The third-order valence-electron chi connectivity index (χ3n) is 4.06. The van der Waals surface area contributed by atoms with Gasteiger partial charge in [0.2, 0.25) is 0 Å². The number of aliphatic hydroxyl groups excluding tert-OH is 1. The molecule has 0 heterocycles. The number of nitrogens with two attached hydrogens (primary N) is 1. The van der Waals surface area contributed by atoms with Gasteiger partial charge in [-0.05, 0) is 43.2 Å². The van der Waals surface area contributed by atoms with Crippen molar-refractivity contribution in [3.8, 4) is 0 Å². The Morgan fingerprint density at radius 3 is 2.52 bits per heavy atom. The van der Waals surface area contributed by atoms with Gasteiger partial charge in [-0.1, -0.05) is 43.7 Å². The molecule has 4 nitrogen and oxygen atoms in total. The average molecular weight is 293 g/mol. The molecular weight excluding hydrogens is 266 g/mol. The summed E-state index contributed by atoms with van der Waals surface area (Å²) in [6.07, 6.45) is 2.29. The van der Waals surface area contributed by atoms with E-state index < -0.39 is 12.1 Å². The molecule has 0 aliphatic heterocycles. The number of benzene rings is 1. The molecule has 0 fully saturated rings. The third kappa shape index (κ3) is 5.86. The van der Waals surface area contributed by atoms with Crippen molar-refractivity contribution in [3.63, 3.8) is 0 Å². The van der Waals surface area contributed by atoms with Crippen LogP contribution in [-0.4, -0.2) is 30.8 Å². The van der Waals surface area contributed by atoms with Crippen LogP contribution in [0.1, 0.15) is 44.1 Å². The lowest BCUT2D eigenvalue weighted by Crippen LogP contribution is -2.27. The number of aliphatic hydroxyl groups is 1. The highest BCUT2D eigenvalue weighted by Crippen LogP contribution is 2.31. The fourth-order valence-electron chi connectivity index (χ4n) is 2.67. The largest absolute Gasteiger partial charge is 0.467 e. The van der Waals surface area contributed by atoms with Gasteiger partial charge in [0.05, 0.1) is 7.11 Å². The first kappa shape index (κ1) is 17.7. The predicted molar refractivity (Wildman–Crippen MR) is 83.9 cm³/mol. The molecule has 0 aliphatic carbocycles. The topological polar surface area (TPSA) is 72.5 Å². The number of carbonyl (C=O) groups is 1. The highest BCUT2D eigenvalue weighted by Gasteiger charge is 2.25. The molecule has 1 rings (SSSR count). The third-order valence-corrected chi connectivity index (χ3v) is 4.06. The molecule has 3 atom stereocenters. The quantitative estimate of drug-likeness (QED) is 0.542. The zero-order chi connectivity index (χ0) is 15.7. The Kier molecular flexibility index (Phi) is 8.01. The lowest BCUT2D eigenvalue weighted by Gasteiger charge is -2.26. The molecule has 0 bridgehead atoms. The van der Waals surface area contributed by atoms with Crippen molar-refractivity contribution in [1.82, 2.24) is 0 Å². The van der Waals surface area contributed by atoms with Crippen molar-refractivity contribution >= 4 is 5.97 Å². The molecule has 3 N–H and O–H groups in total. The fourth-order valence-corrected chi connectivity index (χ4v) is 2.67. The van der Waals surface area contributed by atoms with Crippen LogP contribution in [0.15, 0.2) is 30.3 Å². The highest BCUT2D eigenvalue weighted by molar-refractivity contribution is 5.74. The summed E-state index contributed by atoms with van der Waals surface area (Å²) in [6.45, 7) is 2.82. The van der Waals surface area contributed by atoms with Gasteiger partial charge in [0.1, 0.15) is 0 Å². The van der Waals surface area contributed by atoms with Crippen molar-refractivity contribution in [1.29, 1.82) is 0 Å². The van der Waals surface area contributed by atoms with Crippen molar-refractivity contribution in [2.24, 2.45) is 11.7 Å². The van der Waals surface area contributed by atoms with E-state index in [9.17, 15) is 9.90 Å². The summed E-state index contributed by atoms with van der Waals surface area (Å²) in [7, 11) is 1.30. The normalized spacial score (nSPS) is 15.2. The number of unbranched alkanes of at least 4 members (excludes halogenated alkanes) is 1. The molecule has 4 heteroatoms. The second-order valence-electron chi connectivity index (χ2n) is 5.52. The van der Waals surface area contributed by atoms with E-state index in [4.69, 9.17) is 5.73 Å². The Bertz CT molecular complexity index is 408. The molecule has 1 aromatic rings. The monoisotopic (exact) mass is 293 g/mol. The molecule has 1 aromatic carbocycles. The van der Waals surface area contributed by atoms with E-state index in [1.807, 2.05) is 18.2 Å². The molecule has 0 amide bonds. The van der Waals surface area contributed by atoms with Crippen molar-refractivity contribution in [2.45, 2.75) is 44.6 Å². The number of hydrogen-bond acceptors (Lipinski definition) is 4. The van der Waals surface area contributed by atoms with Crippen molar-refractivity contribution in [3.05, 3.63) is 35.9 Å². The Hall–Kier alpha value is -1.39. The minimum absolute atomic E-state index is 0.230. The maximum Gasteiger partial charge on any atom is 0.334 e. The van der Waals surface area contributed by atoms with E-state index in [0.29, 0.717) is 13.0 Å². The Morgan fingerprint density at radius 2 is 1.95 bits per heavy atom. The van der Waals surface area contributed by atoms with E-state index in [2.05, 4.69) is 23.8 Å². The Labute approximate surface area is 127 Å². The number of rotatable bonds is 9. The minimum Gasteiger partial charge on any atom is -0.467 e. The summed E-state index contributed by atoms with van der Waals surface area (Å²) in [5.41, 5.74) is 6.78. The van der Waals surface area contributed by atoms with Crippen LogP contribution in [0.3, 0.4) is 0 Å². The van der Waals surface area contributed by atoms with Gasteiger partial charge in [0, 0.05) is 0 Å². The summed E-state index contributed by atoms with van der Waals surface area (Å²) < 4.78 is 4.62. The van der Waals surface area contributed by atoms with Gasteiger partial charge in [-0.2, -0.15) is 0 Å². The maximum absolute atomic E-state index is 11.4. The molecule has 0 unspecified atom stereocenters. The summed E-state index contributed by atoms with van der Waals surface area (Å²) >= 11 is 0. The van der Waals surface area contributed by atoms with Crippen LogP contribution in [0.4, 0.5) is 0 Å². The van der Waals surface area contributed by atoms with Gasteiger partial charge < -0.3 is 15.6 Å². The number of ether oxygens (including phenoxy) is 1. The van der Waals surface area contributed by atoms with E-state index >= 15 is 0 Å². The molecule has 118 valence electrons. The predicted octanol–water partition coefficient (Wildman–Crippen LogP) is 2.46. The lowest BCUT2D eigenvalue weighted by molar-refractivity contribution is -0.151. The molecular formula is C17H27NO3. The molecule has 0 spiro atoms. The van der Waals surface area contributed by atoms with Gasteiger partial charge in [0.15, 0.2) is 6.10 Å². The van der Waals surface area contributed by atoms with Gasteiger partial charge >= 0.3 is 5.97 Å². The van der Waals surface area contributed by atoms with Gasteiger partial charge in [-0.3, -0.25) is 0 Å². The van der Waals surface area contributed by atoms with Crippen LogP contribution >= 0.6 is 0 Å². The zero-order valence-electron chi connectivity index (χ0n) is 13.0. The summed E-state index contributed by atoms with van der Waals surface area (Å²) in [6, 6.07) is 10.2. The molecule has 21 heavy (non-hydrogen) atoms. The van der Waals surface area contributed by atoms with Crippen LogP contribution < -0.4 is 5.73 Å². The average Bonchev–Trinajstić information content (AvgIpc) is 2.53. The van der Waals surface area contributed by atoms with E-state index in [1.54, 1.807) is 0 Å². The fraction of sp³-hybridized carbons (Fsp3) is 0.588. The van der Waals surface area contributed by atoms with E-state index in [1.165, 1.54) is 12.7 Å². The van der Waals surface area contributed by atoms with E-state index in [0.717, 1.165) is 19.3 Å².